The molecule has 0 fully saturated rings. The average Bonchev–Trinajstić information content (AvgIpc) is 3.05. The van der Waals surface area contributed by atoms with Crippen LogP contribution in [0.15, 0.2) is 29.1 Å². The number of nitrogens with zero attached hydrogens (tertiary/aromatic N) is 2. The molecule has 1 N–H and O–H groups in total. The predicted octanol–water partition coefficient (Wildman–Crippen LogP) is 3.06. The summed E-state index contributed by atoms with van der Waals surface area (Å²) in [6, 6.07) is 6.02. The summed E-state index contributed by atoms with van der Waals surface area (Å²) in [7, 11) is 0. The number of aromatic amines is 1. The van der Waals surface area contributed by atoms with Crippen molar-refractivity contribution in [3.8, 4) is 0 Å². The van der Waals surface area contributed by atoms with Crippen LogP contribution in [-0.4, -0.2) is 20.9 Å². The van der Waals surface area contributed by atoms with Crippen LogP contribution < -0.4 is 5.56 Å². The van der Waals surface area contributed by atoms with Crippen molar-refractivity contribution in [1.29, 1.82) is 0 Å². The number of para-hydroxylation sites is 1. The number of nitro groups is 1. The highest BCUT2D eigenvalue weighted by atomic mass is 32.1. The van der Waals surface area contributed by atoms with Crippen molar-refractivity contribution in [2.45, 2.75) is 38.7 Å². The molecule has 2 heterocycles. The van der Waals surface area contributed by atoms with E-state index < -0.39 is 10.9 Å². The third-order valence-electron chi connectivity index (χ3n) is 4.77. The van der Waals surface area contributed by atoms with Crippen LogP contribution in [0, 0.1) is 10.1 Å². The van der Waals surface area contributed by atoms with Gasteiger partial charge in [0.05, 0.1) is 16.7 Å². The van der Waals surface area contributed by atoms with Gasteiger partial charge in [-0.25, -0.2) is 4.98 Å². The number of esters is 1. The molecule has 1 aliphatic rings. The first-order valence-electron chi connectivity index (χ1n) is 8.94. The lowest BCUT2D eigenvalue weighted by Gasteiger charge is -2.09. The standard InChI is InChI=1S/C19H17N3O5S/c23-16(9-11-5-1-3-7-13(11)22(25)26)27-10-15-20-18(24)17-12-6-2-4-8-14(12)28-19(17)21-15/h1,3,5,7H,2,4,6,8-10H2,(H,20,21,24). The van der Waals surface area contributed by atoms with E-state index in [0.29, 0.717) is 10.2 Å². The summed E-state index contributed by atoms with van der Waals surface area (Å²) in [6.07, 6.45) is 3.83. The second kappa shape index (κ2) is 7.51. The quantitative estimate of drug-likeness (QED) is 0.400. The Labute approximate surface area is 163 Å². The van der Waals surface area contributed by atoms with Gasteiger partial charge in [-0.3, -0.25) is 19.7 Å². The van der Waals surface area contributed by atoms with E-state index in [1.807, 2.05) is 0 Å². The smallest absolute Gasteiger partial charge is 0.310 e. The Hall–Kier alpha value is -3.07. The number of benzene rings is 1. The van der Waals surface area contributed by atoms with Crippen molar-refractivity contribution in [3.05, 3.63) is 66.6 Å². The molecule has 8 nitrogen and oxygen atoms in total. The van der Waals surface area contributed by atoms with Gasteiger partial charge in [0.15, 0.2) is 0 Å². The van der Waals surface area contributed by atoms with Crippen LogP contribution in [0.1, 0.15) is 34.7 Å². The van der Waals surface area contributed by atoms with Crippen molar-refractivity contribution < 1.29 is 14.5 Å². The molecule has 0 atom stereocenters. The summed E-state index contributed by atoms with van der Waals surface area (Å²) >= 11 is 1.52. The Morgan fingerprint density at radius 3 is 2.89 bits per heavy atom. The maximum absolute atomic E-state index is 12.5. The maximum Gasteiger partial charge on any atom is 0.310 e. The number of ether oxygens (including phenoxy) is 1. The summed E-state index contributed by atoms with van der Waals surface area (Å²) in [4.78, 5) is 44.1. The molecule has 0 saturated carbocycles. The van der Waals surface area contributed by atoms with Gasteiger partial charge in [0.25, 0.3) is 11.2 Å². The molecular formula is C19H17N3O5S. The van der Waals surface area contributed by atoms with Gasteiger partial charge >= 0.3 is 5.97 Å². The predicted molar refractivity (Wildman–Crippen MR) is 103 cm³/mol. The molecular weight excluding hydrogens is 382 g/mol. The van der Waals surface area contributed by atoms with Gasteiger partial charge in [0.1, 0.15) is 17.3 Å². The molecule has 3 aromatic rings. The van der Waals surface area contributed by atoms with E-state index in [2.05, 4.69) is 9.97 Å². The molecule has 0 radical (unpaired) electrons. The lowest BCUT2D eigenvalue weighted by atomic mass is 9.97. The van der Waals surface area contributed by atoms with Gasteiger partial charge in [-0.2, -0.15) is 0 Å². The zero-order chi connectivity index (χ0) is 19.7. The second-order valence-corrected chi connectivity index (χ2v) is 7.71. The third kappa shape index (κ3) is 3.53. The minimum atomic E-state index is -0.623. The van der Waals surface area contributed by atoms with Crippen molar-refractivity contribution >= 4 is 33.2 Å². The van der Waals surface area contributed by atoms with Crippen LogP contribution >= 0.6 is 11.3 Å². The molecule has 144 valence electrons. The van der Waals surface area contributed by atoms with Gasteiger partial charge in [0.2, 0.25) is 0 Å². The number of fused-ring (bicyclic) bond motifs is 3. The summed E-state index contributed by atoms with van der Waals surface area (Å²) in [6.45, 7) is -0.187. The number of hydrogen-bond donors (Lipinski definition) is 1. The molecule has 4 rings (SSSR count). The van der Waals surface area contributed by atoms with Crippen LogP contribution in [0.5, 0.6) is 0 Å². The monoisotopic (exact) mass is 399 g/mol. The van der Waals surface area contributed by atoms with Crippen molar-refractivity contribution in [2.24, 2.45) is 0 Å². The number of nitro benzene ring substituents is 1. The Morgan fingerprint density at radius 1 is 1.29 bits per heavy atom. The molecule has 0 spiro atoms. The molecule has 0 amide bonds. The Bertz CT molecular complexity index is 1130. The van der Waals surface area contributed by atoms with Crippen LogP contribution in [-0.2, 0) is 35.4 Å². The number of carbonyl (C=O) groups excluding carboxylic acids is 1. The van der Waals surface area contributed by atoms with Crippen molar-refractivity contribution in [3.63, 3.8) is 0 Å². The van der Waals surface area contributed by atoms with Gasteiger partial charge in [0, 0.05) is 16.5 Å². The SMILES string of the molecule is O=C(Cc1ccccc1[N+](=O)[O-])OCc1nc2sc3c(c2c(=O)[nH]1)CCCC3. The molecule has 0 saturated heterocycles. The zero-order valence-corrected chi connectivity index (χ0v) is 15.7. The number of aryl methyl sites for hydroxylation is 2. The van der Waals surface area contributed by atoms with Crippen LogP contribution in [0.4, 0.5) is 5.69 Å². The van der Waals surface area contributed by atoms with E-state index in [1.54, 1.807) is 6.07 Å². The Morgan fingerprint density at radius 2 is 2.07 bits per heavy atom. The molecule has 2 aromatic heterocycles. The molecule has 9 heteroatoms. The highest BCUT2D eigenvalue weighted by molar-refractivity contribution is 7.18. The summed E-state index contributed by atoms with van der Waals surface area (Å²) in [5.41, 5.74) is 1.03. The fourth-order valence-electron chi connectivity index (χ4n) is 3.47. The van der Waals surface area contributed by atoms with Gasteiger partial charge < -0.3 is 9.72 Å². The number of rotatable bonds is 5. The minimum absolute atomic E-state index is 0.128. The molecule has 1 aromatic carbocycles. The fourth-order valence-corrected chi connectivity index (χ4v) is 4.75. The van der Waals surface area contributed by atoms with Crippen LogP contribution in [0.3, 0.4) is 0 Å². The summed E-state index contributed by atoms with van der Waals surface area (Å²) < 4.78 is 5.18. The van der Waals surface area contributed by atoms with E-state index >= 15 is 0 Å². The highest BCUT2D eigenvalue weighted by Crippen LogP contribution is 2.33. The Balaban J connectivity index is 1.49. The number of aromatic nitrogens is 2. The molecule has 0 unspecified atom stereocenters. The average molecular weight is 399 g/mol. The van der Waals surface area contributed by atoms with Gasteiger partial charge in [-0.1, -0.05) is 18.2 Å². The first kappa shape index (κ1) is 18.3. The normalized spacial score (nSPS) is 13.3. The topological polar surface area (TPSA) is 115 Å². The van der Waals surface area contributed by atoms with E-state index in [-0.39, 0.29) is 35.7 Å². The summed E-state index contributed by atoms with van der Waals surface area (Å²) in [5.74, 6) is -0.352. The van der Waals surface area contributed by atoms with Gasteiger partial charge in [-0.15, -0.1) is 11.3 Å². The maximum atomic E-state index is 12.5. The second-order valence-electron chi connectivity index (χ2n) is 6.63. The summed E-state index contributed by atoms with van der Waals surface area (Å²) in [5, 5.41) is 11.7. The Kier molecular flexibility index (Phi) is 4.91. The molecule has 0 bridgehead atoms. The van der Waals surface area contributed by atoms with E-state index in [0.717, 1.165) is 31.2 Å². The third-order valence-corrected chi connectivity index (χ3v) is 5.95. The molecule has 0 aliphatic heterocycles. The minimum Gasteiger partial charge on any atom is -0.457 e. The number of nitrogens with one attached hydrogen (secondary N) is 1. The number of H-pyrrole nitrogens is 1. The van der Waals surface area contributed by atoms with Gasteiger partial charge in [-0.05, 0) is 31.2 Å². The largest absolute Gasteiger partial charge is 0.457 e. The number of hydrogen-bond acceptors (Lipinski definition) is 7. The molecule has 1 aliphatic carbocycles. The van der Waals surface area contributed by atoms with E-state index in [4.69, 9.17) is 4.74 Å². The fraction of sp³-hybridized carbons (Fsp3) is 0.316. The number of thiophene rings is 1. The first-order valence-corrected chi connectivity index (χ1v) is 9.76. The lowest BCUT2D eigenvalue weighted by Crippen LogP contribution is -2.16. The van der Waals surface area contributed by atoms with E-state index in [9.17, 15) is 19.7 Å². The lowest BCUT2D eigenvalue weighted by molar-refractivity contribution is -0.385. The van der Waals surface area contributed by atoms with Crippen molar-refractivity contribution in [2.75, 3.05) is 0 Å². The van der Waals surface area contributed by atoms with Crippen molar-refractivity contribution in [1.82, 2.24) is 9.97 Å². The van der Waals surface area contributed by atoms with E-state index in [1.165, 1.54) is 34.4 Å². The van der Waals surface area contributed by atoms with Crippen LogP contribution in [0.2, 0.25) is 0 Å². The zero-order valence-electron chi connectivity index (χ0n) is 14.9. The number of carbonyl (C=O) groups is 1. The van der Waals surface area contributed by atoms with Crippen LogP contribution in [0.25, 0.3) is 10.2 Å². The highest BCUT2D eigenvalue weighted by Gasteiger charge is 2.20. The first-order chi connectivity index (χ1) is 13.5. The molecule has 28 heavy (non-hydrogen) atoms.